The van der Waals surface area contributed by atoms with Gasteiger partial charge in [0.25, 0.3) is 5.91 Å². The van der Waals surface area contributed by atoms with Crippen LogP contribution in [0.15, 0.2) is 30.5 Å². The van der Waals surface area contributed by atoms with Gasteiger partial charge in [0.2, 0.25) is 0 Å². The molecule has 0 aliphatic carbocycles. The number of hydrogen-bond acceptors (Lipinski definition) is 2. The van der Waals surface area contributed by atoms with E-state index in [1.54, 1.807) is 22.8 Å². The molecule has 20 heavy (non-hydrogen) atoms. The molecule has 1 heterocycles. The van der Waals surface area contributed by atoms with E-state index < -0.39 is 0 Å². The van der Waals surface area contributed by atoms with E-state index in [0.717, 1.165) is 15.8 Å². The van der Waals surface area contributed by atoms with Gasteiger partial charge in [-0.05, 0) is 41.6 Å². The Hall–Kier alpha value is -1.08. The zero-order valence-corrected chi connectivity index (χ0v) is 14.2. The minimum Gasteiger partial charge on any atom is -0.336 e. The van der Waals surface area contributed by atoms with Crippen LogP contribution in [0.5, 0.6) is 0 Å². The zero-order valence-electron chi connectivity index (χ0n) is 11.3. The first-order valence-corrected chi connectivity index (χ1v) is 7.70. The molecule has 1 aromatic heterocycles. The highest BCUT2D eigenvalue weighted by molar-refractivity contribution is 14.1. The van der Waals surface area contributed by atoms with E-state index >= 15 is 0 Å². The second-order valence-electron chi connectivity index (χ2n) is 4.42. The Morgan fingerprint density at radius 1 is 1.45 bits per heavy atom. The van der Waals surface area contributed by atoms with E-state index in [2.05, 4.69) is 27.7 Å². The van der Waals surface area contributed by atoms with E-state index in [-0.39, 0.29) is 5.91 Å². The van der Waals surface area contributed by atoms with Crippen molar-refractivity contribution in [2.75, 3.05) is 7.05 Å². The molecule has 2 rings (SSSR count). The van der Waals surface area contributed by atoms with E-state index in [1.807, 2.05) is 31.2 Å². The fourth-order valence-electron chi connectivity index (χ4n) is 1.84. The van der Waals surface area contributed by atoms with Gasteiger partial charge in [-0.25, -0.2) is 0 Å². The molecule has 0 spiro atoms. The summed E-state index contributed by atoms with van der Waals surface area (Å²) in [6.45, 7) is 3.15. The van der Waals surface area contributed by atoms with Gasteiger partial charge < -0.3 is 4.90 Å². The fraction of sp³-hybridized carbons (Fsp3) is 0.286. The van der Waals surface area contributed by atoms with Crippen LogP contribution in [-0.4, -0.2) is 27.6 Å². The lowest BCUT2D eigenvalue weighted by molar-refractivity contribution is 0.0782. The minimum atomic E-state index is -0.0304. The normalized spacial score (nSPS) is 10.6. The van der Waals surface area contributed by atoms with Crippen LogP contribution in [0.1, 0.15) is 23.0 Å². The molecule has 0 aliphatic heterocycles. The number of carbonyl (C=O) groups excluding carboxylic acids is 1. The molecule has 1 aromatic carbocycles. The number of aromatic nitrogens is 2. The number of carbonyl (C=O) groups is 1. The Kier molecular flexibility index (Phi) is 5.04. The van der Waals surface area contributed by atoms with E-state index in [1.165, 1.54) is 0 Å². The third kappa shape index (κ3) is 3.32. The lowest BCUT2D eigenvalue weighted by atomic mass is 10.2. The Bertz CT molecular complexity index is 627. The number of amides is 1. The van der Waals surface area contributed by atoms with Crippen molar-refractivity contribution >= 4 is 40.1 Å². The number of benzene rings is 1. The first-order valence-electron chi connectivity index (χ1n) is 6.24. The van der Waals surface area contributed by atoms with Crippen molar-refractivity contribution in [3.8, 4) is 0 Å². The highest BCUT2D eigenvalue weighted by atomic mass is 127. The molecule has 0 radical (unpaired) electrons. The summed E-state index contributed by atoms with van der Waals surface area (Å²) in [5.74, 6) is -0.0304. The van der Waals surface area contributed by atoms with Crippen molar-refractivity contribution in [1.82, 2.24) is 14.7 Å². The van der Waals surface area contributed by atoms with Gasteiger partial charge in [-0.1, -0.05) is 23.7 Å². The van der Waals surface area contributed by atoms with Gasteiger partial charge in [0, 0.05) is 23.4 Å². The molecule has 1 amide bonds. The number of hydrogen-bond donors (Lipinski definition) is 0. The van der Waals surface area contributed by atoms with Crippen LogP contribution >= 0.6 is 34.2 Å². The van der Waals surface area contributed by atoms with Crippen LogP contribution in [0.2, 0.25) is 5.02 Å². The average Bonchev–Trinajstić information content (AvgIpc) is 2.79. The molecular formula is C14H15ClIN3O. The van der Waals surface area contributed by atoms with Crippen molar-refractivity contribution < 1.29 is 4.79 Å². The van der Waals surface area contributed by atoms with Gasteiger partial charge in [0.05, 0.1) is 17.1 Å². The SMILES string of the molecule is CCn1cc(Cl)c(CN(C)C(=O)c2ccccc2I)n1. The average molecular weight is 404 g/mol. The number of rotatable bonds is 4. The second-order valence-corrected chi connectivity index (χ2v) is 5.99. The molecular weight excluding hydrogens is 389 g/mol. The quantitative estimate of drug-likeness (QED) is 0.734. The van der Waals surface area contributed by atoms with Gasteiger partial charge in [-0.3, -0.25) is 9.48 Å². The minimum absolute atomic E-state index is 0.0304. The summed E-state index contributed by atoms with van der Waals surface area (Å²) >= 11 is 8.29. The molecule has 6 heteroatoms. The van der Waals surface area contributed by atoms with Gasteiger partial charge >= 0.3 is 0 Å². The van der Waals surface area contributed by atoms with Gasteiger partial charge in [0.15, 0.2) is 0 Å². The molecule has 0 N–H and O–H groups in total. The van der Waals surface area contributed by atoms with Crippen LogP contribution in [0, 0.1) is 3.57 Å². The van der Waals surface area contributed by atoms with Crippen molar-refractivity contribution in [3.63, 3.8) is 0 Å². The van der Waals surface area contributed by atoms with Crippen LogP contribution in [0.4, 0.5) is 0 Å². The van der Waals surface area contributed by atoms with Gasteiger partial charge in [-0.2, -0.15) is 5.10 Å². The smallest absolute Gasteiger partial charge is 0.255 e. The predicted octanol–water partition coefficient (Wildman–Crippen LogP) is 3.43. The molecule has 0 unspecified atom stereocenters. The summed E-state index contributed by atoms with van der Waals surface area (Å²) < 4.78 is 2.70. The summed E-state index contributed by atoms with van der Waals surface area (Å²) in [4.78, 5) is 14.0. The maximum Gasteiger partial charge on any atom is 0.255 e. The van der Waals surface area contributed by atoms with Crippen LogP contribution in [-0.2, 0) is 13.1 Å². The summed E-state index contributed by atoms with van der Waals surface area (Å²) in [6.07, 6.45) is 1.78. The maximum absolute atomic E-state index is 12.4. The number of halogens is 2. The molecule has 2 aromatic rings. The molecule has 4 nitrogen and oxygen atoms in total. The fourth-order valence-corrected chi connectivity index (χ4v) is 2.67. The van der Waals surface area contributed by atoms with Crippen molar-refractivity contribution in [2.24, 2.45) is 0 Å². The Labute approximate surface area is 136 Å². The molecule has 106 valence electrons. The summed E-state index contributed by atoms with van der Waals surface area (Å²) in [7, 11) is 1.76. The third-order valence-electron chi connectivity index (χ3n) is 2.95. The zero-order chi connectivity index (χ0) is 14.7. The van der Waals surface area contributed by atoms with Crippen molar-refractivity contribution in [3.05, 3.63) is 50.3 Å². The molecule has 0 bridgehead atoms. The second kappa shape index (κ2) is 6.58. The van der Waals surface area contributed by atoms with E-state index in [9.17, 15) is 4.79 Å². The van der Waals surface area contributed by atoms with Crippen molar-refractivity contribution in [1.29, 1.82) is 0 Å². The van der Waals surface area contributed by atoms with Crippen LogP contribution in [0.3, 0.4) is 0 Å². The molecule has 0 aliphatic rings. The monoisotopic (exact) mass is 403 g/mol. The topological polar surface area (TPSA) is 38.1 Å². The Balaban J connectivity index is 2.15. The van der Waals surface area contributed by atoms with Gasteiger partial charge in [0.1, 0.15) is 5.69 Å². The van der Waals surface area contributed by atoms with Gasteiger partial charge in [-0.15, -0.1) is 0 Å². The summed E-state index contributed by atoms with van der Waals surface area (Å²) in [5.41, 5.74) is 1.41. The molecule has 0 atom stereocenters. The molecule has 0 saturated heterocycles. The highest BCUT2D eigenvalue weighted by Gasteiger charge is 2.17. The first-order chi connectivity index (χ1) is 9.52. The molecule has 0 saturated carbocycles. The largest absolute Gasteiger partial charge is 0.336 e. The lowest BCUT2D eigenvalue weighted by Crippen LogP contribution is -2.27. The summed E-state index contributed by atoms with van der Waals surface area (Å²) in [6, 6.07) is 7.52. The van der Waals surface area contributed by atoms with Crippen LogP contribution in [0.25, 0.3) is 0 Å². The Morgan fingerprint density at radius 2 is 2.15 bits per heavy atom. The van der Waals surface area contributed by atoms with E-state index in [0.29, 0.717) is 17.1 Å². The van der Waals surface area contributed by atoms with E-state index in [4.69, 9.17) is 11.6 Å². The van der Waals surface area contributed by atoms with Crippen LogP contribution < -0.4 is 0 Å². The maximum atomic E-state index is 12.4. The predicted molar refractivity (Wildman–Crippen MR) is 87.9 cm³/mol. The first kappa shape index (κ1) is 15.3. The van der Waals surface area contributed by atoms with Crippen molar-refractivity contribution in [2.45, 2.75) is 20.0 Å². The molecule has 0 fully saturated rings. The third-order valence-corrected chi connectivity index (χ3v) is 4.21. The number of aryl methyl sites for hydroxylation is 1. The highest BCUT2D eigenvalue weighted by Crippen LogP contribution is 2.18. The summed E-state index contributed by atoms with van der Waals surface area (Å²) in [5, 5.41) is 4.95. The Morgan fingerprint density at radius 3 is 2.75 bits per heavy atom. The number of nitrogens with zero attached hydrogens (tertiary/aromatic N) is 3. The lowest BCUT2D eigenvalue weighted by Gasteiger charge is -2.17. The standard InChI is InChI=1S/C14H15ClIN3O/c1-3-19-8-11(15)13(17-19)9-18(2)14(20)10-6-4-5-7-12(10)16/h4-8H,3,9H2,1-2H3.